The largest absolute Gasteiger partial charge is 0.338 e. The lowest BCUT2D eigenvalue weighted by molar-refractivity contribution is -0.145. The van der Waals surface area contributed by atoms with Crippen LogP contribution in [0.4, 0.5) is 0 Å². The topological polar surface area (TPSA) is 101 Å². The van der Waals surface area contributed by atoms with E-state index in [1.54, 1.807) is 11.0 Å². The Bertz CT molecular complexity index is 736. The second-order valence-corrected chi connectivity index (χ2v) is 9.96. The zero-order chi connectivity index (χ0) is 18.2. The van der Waals surface area contributed by atoms with Crippen LogP contribution in [-0.4, -0.2) is 88.1 Å². The molecule has 10 heteroatoms. The van der Waals surface area contributed by atoms with Gasteiger partial charge in [-0.3, -0.25) is 9.69 Å². The van der Waals surface area contributed by atoms with E-state index in [0.29, 0.717) is 25.3 Å². The van der Waals surface area contributed by atoms with Gasteiger partial charge in [-0.15, -0.1) is 5.10 Å². The van der Waals surface area contributed by atoms with Gasteiger partial charge in [0, 0.05) is 32.2 Å². The predicted molar refractivity (Wildman–Crippen MR) is 94.1 cm³/mol. The summed E-state index contributed by atoms with van der Waals surface area (Å²) < 4.78 is 25.1. The minimum Gasteiger partial charge on any atom is -0.338 e. The Labute approximate surface area is 153 Å². The van der Waals surface area contributed by atoms with Crippen LogP contribution in [-0.2, 0) is 20.2 Å². The summed E-state index contributed by atoms with van der Waals surface area (Å²) in [6.45, 7) is 2.74. The summed E-state index contributed by atoms with van der Waals surface area (Å²) in [5, 5.41) is 11.5. The van der Waals surface area contributed by atoms with E-state index < -0.39 is 15.4 Å². The molecule has 1 saturated carbocycles. The van der Waals surface area contributed by atoms with Crippen LogP contribution in [0.3, 0.4) is 0 Å². The first-order chi connectivity index (χ1) is 12.5. The summed E-state index contributed by atoms with van der Waals surface area (Å²) in [6.07, 6.45) is 6.97. The van der Waals surface area contributed by atoms with Crippen molar-refractivity contribution in [1.82, 2.24) is 30.0 Å². The van der Waals surface area contributed by atoms with Crippen molar-refractivity contribution >= 4 is 15.7 Å². The van der Waals surface area contributed by atoms with Crippen molar-refractivity contribution in [1.29, 1.82) is 0 Å². The van der Waals surface area contributed by atoms with Gasteiger partial charge in [0.05, 0.1) is 11.5 Å². The minimum absolute atomic E-state index is 0.111. The molecule has 2 saturated heterocycles. The smallest absolute Gasteiger partial charge is 0.250 e. The van der Waals surface area contributed by atoms with Crippen molar-refractivity contribution in [2.75, 3.05) is 37.7 Å². The van der Waals surface area contributed by atoms with E-state index in [1.807, 2.05) is 4.90 Å². The van der Waals surface area contributed by atoms with Gasteiger partial charge in [0.25, 0.3) is 5.91 Å². The van der Waals surface area contributed by atoms with Crippen molar-refractivity contribution in [3.8, 4) is 0 Å². The number of carbonyl (C=O) groups is 1. The third-order valence-electron chi connectivity index (χ3n) is 6.19. The number of aromatic nitrogens is 4. The lowest BCUT2D eigenvalue weighted by atomic mass is 9.80. The molecular formula is C16H26N6O3S. The predicted octanol–water partition coefficient (Wildman–Crippen LogP) is -0.336. The Morgan fingerprint density at radius 1 is 1.08 bits per heavy atom. The maximum atomic E-state index is 13.4. The molecule has 1 aromatic rings. The standard InChI is InChI=1S/C16H26N6O3S/c23-15(16(5-2-1-3-6-16)22-13-17-18-19-22)21-9-7-20(8-10-21)14-4-11-26(24,25)12-14/h13-14H,1-12H2/t14-/m1/s1. The van der Waals surface area contributed by atoms with Gasteiger partial charge in [-0.25, -0.2) is 13.1 Å². The highest BCUT2D eigenvalue weighted by Gasteiger charge is 2.46. The van der Waals surface area contributed by atoms with Gasteiger partial charge in [0.1, 0.15) is 11.9 Å². The van der Waals surface area contributed by atoms with Crippen LogP contribution in [0.1, 0.15) is 38.5 Å². The van der Waals surface area contributed by atoms with Crippen molar-refractivity contribution in [3.63, 3.8) is 0 Å². The molecule has 0 bridgehead atoms. The molecule has 4 rings (SSSR count). The lowest BCUT2D eigenvalue weighted by Gasteiger charge is -2.43. The van der Waals surface area contributed by atoms with Gasteiger partial charge in [-0.1, -0.05) is 19.3 Å². The van der Waals surface area contributed by atoms with E-state index in [1.165, 1.54) is 0 Å². The summed E-state index contributed by atoms with van der Waals surface area (Å²) in [5.41, 5.74) is -0.652. The average Bonchev–Trinajstić information content (AvgIpc) is 3.32. The van der Waals surface area contributed by atoms with Crippen molar-refractivity contribution in [2.45, 2.75) is 50.1 Å². The first-order valence-corrected chi connectivity index (χ1v) is 11.3. The third kappa shape index (κ3) is 3.24. The van der Waals surface area contributed by atoms with Crippen LogP contribution in [0.2, 0.25) is 0 Å². The number of rotatable bonds is 3. The fourth-order valence-corrected chi connectivity index (χ4v) is 6.44. The van der Waals surface area contributed by atoms with Crippen molar-refractivity contribution in [3.05, 3.63) is 6.33 Å². The first-order valence-electron chi connectivity index (χ1n) is 9.48. The van der Waals surface area contributed by atoms with E-state index >= 15 is 0 Å². The van der Waals surface area contributed by atoms with Gasteiger partial charge in [0.2, 0.25) is 0 Å². The fraction of sp³-hybridized carbons (Fsp3) is 0.875. The SMILES string of the molecule is O=C(N1CCN([C@@H]2CCS(=O)(=O)C2)CC1)C1(n2cnnn2)CCCCC1. The molecule has 0 N–H and O–H groups in total. The molecular weight excluding hydrogens is 356 g/mol. The Kier molecular flexibility index (Phi) is 4.72. The Morgan fingerprint density at radius 3 is 2.38 bits per heavy atom. The number of carbonyl (C=O) groups excluding carboxylic acids is 1. The van der Waals surface area contributed by atoms with Crippen LogP contribution in [0.25, 0.3) is 0 Å². The summed E-state index contributed by atoms with van der Waals surface area (Å²) in [4.78, 5) is 17.6. The van der Waals surface area contributed by atoms with E-state index in [4.69, 9.17) is 0 Å². The Hall–Kier alpha value is -1.55. The Balaban J connectivity index is 1.44. The molecule has 0 unspecified atom stereocenters. The van der Waals surface area contributed by atoms with Gasteiger partial charge in [-0.2, -0.15) is 0 Å². The highest BCUT2D eigenvalue weighted by Crippen LogP contribution is 2.36. The zero-order valence-corrected chi connectivity index (χ0v) is 15.8. The highest BCUT2D eigenvalue weighted by molar-refractivity contribution is 7.91. The molecule has 1 aliphatic carbocycles. The average molecular weight is 382 g/mol. The lowest BCUT2D eigenvalue weighted by Crippen LogP contribution is -2.58. The molecule has 1 amide bonds. The van der Waals surface area contributed by atoms with Crippen LogP contribution < -0.4 is 0 Å². The summed E-state index contributed by atoms with van der Waals surface area (Å²) in [5.74, 6) is 0.664. The van der Waals surface area contributed by atoms with E-state index in [9.17, 15) is 13.2 Å². The van der Waals surface area contributed by atoms with Gasteiger partial charge >= 0.3 is 0 Å². The number of amides is 1. The van der Waals surface area contributed by atoms with Gasteiger partial charge in [-0.05, 0) is 29.7 Å². The molecule has 1 atom stereocenters. The number of tetrazole rings is 1. The normalized spacial score (nSPS) is 28.9. The molecule has 26 heavy (non-hydrogen) atoms. The van der Waals surface area contributed by atoms with Crippen LogP contribution in [0.5, 0.6) is 0 Å². The maximum absolute atomic E-state index is 13.4. The van der Waals surface area contributed by atoms with Crippen LogP contribution in [0.15, 0.2) is 6.33 Å². The third-order valence-corrected chi connectivity index (χ3v) is 7.94. The summed E-state index contributed by atoms with van der Waals surface area (Å²) in [6, 6.07) is 0.111. The van der Waals surface area contributed by atoms with E-state index in [2.05, 4.69) is 20.4 Å². The molecule has 1 aromatic heterocycles. The van der Waals surface area contributed by atoms with Gasteiger partial charge in [0.15, 0.2) is 9.84 Å². The second-order valence-electron chi connectivity index (χ2n) is 7.73. The monoisotopic (exact) mass is 382 g/mol. The molecule has 0 radical (unpaired) electrons. The minimum atomic E-state index is -2.88. The number of nitrogens with zero attached hydrogens (tertiary/aromatic N) is 6. The quantitative estimate of drug-likeness (QED) is 0.705. The molecule has 144 valence electrons. The molecule has 2 aliphatic heterocycles. The molecule has 3 aliphatic rings. The number of hydrogen-bond donors (Lipinski definition) is 0. The zero-order valence-electron chi connectivity index (χ0n) is 15.0. The molecule has 3 heterocycles. The Morgan fingerprint density at radius 2 is 1.81 bits per heavy atom. The molecule has 3 fully saturated rings. The first kappa shape index (κ1) is 17.8. The molecule has 0 aromatic carbocycles. The maximum Gasteiger partial charge on any atom is 0.250 e. The number of hydrogen-bond acceptors (Lipinski definition) is 7. The molecule has 9 nitrogen and oxygen atoms in total. The fourth-order valence-electron chi connectivity index (χ4n) is 4.68. The second kappa shape index (κ2) is 6.88. The highest BCUT2D eigenvalue weighted by atomic mass is 32.2. The van der Waals surface area contributed by atoms with Crippen LogP contribution >= 0.6 is 0 Å². The number of piperazine rings is 1. The summed E-state index contributed by atoms with van der Waals surface area (Å²) >= 11 is 0. The summed E-state index contributed by atoms with van der Waals surface area (Å²) in [7, 11) is -2.88. The van der Waals surface area contributed by atoms with E-state index in [-0.39, 0.29) is 17.7 Å². The van der Waals surface area contributed by atoms with Crippen molar-refractivity contribution < 1.29 is 13.2 Å². The molecule has 0 spiro atoms. The van der Waals surface area contributed by atoms with Crippen LogP contribution in [0, 0.1) is 0 Å². The van der Waals surface area contributed by atoms with Gasteiger partial charge < -0.3 is 4.90 Å². The number of sulfone groups is 1. The van der Waals surface area contributed by atoms with E-state index in [0.717, 1.165) is 45.2 Å². The van der Waals surface area contributed by atoms with Crippen molar-refractivity contribution in [2.24, 2.45) is 0 Å².